The summed E-state index contributed by atoms with van der Waals surface area (Å²) >= 11 is 0. The highest BCUT2D eigenvalue weighted by Crippen LogP contribution is 2.36. The lowest BCUT2D eigenvalue weighted by molar-refractivity contribution is -0.130. The third-order valence-electron chi connectivity index (χ3n) is 7.31. The minimum absolute atomic E-state index is 0.149. The summed E-state index contributed by atoms with van der Waals surface area (Å²) in [5, 5.41) is 17.6. The molecule has 42 heavy (non-hydrogen) atoms. The van der Waals surface area contributed by atoms with Crippen molar-refractivity contribution in [1.29, 1.82) is 5.26 Å². The number of likely N-dealkylation sites (N-methyl/N-ethyl adjacent to an activating group) is 1. The van der Waals surface area contributed by atoms with Gasteiger partial charge in [0.1, 0.15) is 23.4 Å². The molecule has 4 rings (SSSR count). The first-order valence-corrected chi connectivity index (χ1v) is 13.8. The number of ether oxygens (including phenoxy) is 2. The quantitative estimate of drug-likeness (QED) is 0.435. The zero-order chi connectivity index (χ0) is 30.8. The van der Waals surface area contributed by atoms with Crippen LogP contribution in [0, 0.1) is 11.3 Å². The SMILES string of the molecule is COc1ccc2ccccc2c1CN1C(=O)[C@@H](NC(=O)[C@H](C)N(C)C(=O)OC(C)(C)C)[C@H](C)Nc2cc(C#N)ccc21. The van der Waals surface area contributed by atoms with E-state index in [1.165, 1.54) is 11.9 Å². The highest BCUT2D eigenvalue weighted by molar-refractivity contribution is 6.05. The normalized spacial score (nSPS) is 17.3. The highest BCUT2D eigenvalue weighted by atomic mass is 16.6. The number of hydrogen-bond donors (Lipinski definition) is 2. The number of benzene rings is 3. The Hall–Kier alpha value is -4.78. The van der Waals surface area contributed by atoms with Gasteiger partial charge in [0.25, 0.3) is 5.91 Å². The number of anilines is 2. The second-order valence-electron chi connectivity index (χ2n) is 11.4. The lowest BCUT2D eigenvalue weighted by atomic mass is 10.0. The van der Waals surface area contributed by atoms with Crippen LogP contribution in [0.4, 0.5) is 16.2 Å². The molecule has 0 saturated carbocycles. The number of carbonyl (C=O) groups is 3. The number of fused-ring (bicyclic) bond motifs is 2. The molecule has 3 amide bonds. The summed E-state index contributed by atoms with van der Waals surface area (Å²) in [4.78, 5) is 43.2. The molecule has 0 radical (unpaired) electrons. The van der Waals surface area contributed by atoms with Crippen LogP contribution in [0.3, 0.4) is 0 Å². The third kappa shape index (κ3) is 6.25. The van der Waals surface area contributed by atoms with Crippen molar-refractivity contribution >= 4 is 40.1 Å². The van der Waals surface area contributed by atoms with Gasteiger partial charge in [0.2, 0.25) is 5.91 Å². The van der Waals surface area contributed by atoms with Crippen LogP contribution < -0.4 is 20.3 Å². The average molecular weight is 572 g/mol. The van der Waals surface area contributed by atoms with Gasteiger partial charge in [-0.05, 0) is 69.7 Å². The number of nitriles is 1. The van der Waals surface area contributed by atoms with E-state index < -0.39 is 35.7 Å². The highest BCUT2D eigenvalue weighted by Gasteiger charge is 2.38. The summed E-state index contributed by atoms with van der Waals surface area (Å²) in [6, 6.07) is 16.4. The van der Waals surface area contributed by atoms with Gasteiger partial charge in [0.05, 0.1) is 42.7 Å². The van der Waals surface area contributed by atoms with Crippen LogP contribution in [-0.4, -0.2) is 60.7 Å². The molecule has 0 fully saturated rings. The molecule has 0 saturated heterocycles. The molecule has 3 aromatic rings. The molecule has 0 aromatic heterocycles. The van der Waals surface area contributed by atoms with Crippen molar-refractivity contribution in [3.63, 3.8) is 0 Å². The fourth-order valence-corrected chi connectivity index (χ4v) is 4.91. The number of amides is 3. The van der Waals surface area contributed by atoms with Gasteiger partial charge in [-0.25, -0.2) is 4.79 Å². The van der Waals surface area contributed by atoms with Crippen molar-refractivity contribution in [2.45, 2.75) is 64.9 Å². The summed E-state index contributed by atoms with van der Waals surface area (Å²) in [6.45, 7) is 8.75. The maximum absolute atomic E-state index is 14.3. The monoisotopic (exact) mass is 571 g/mol. The van der Waals surface area contributed by atoms with Gasteiger partial charge in [-0.1, -0.05) is 30.3 Å². The minimum Gasteiger partial charge on any atom is -0.496 e. The Balaban J connectivity index is 1.72. The fourth-order valence-electron chi connectivity index (χ4n) is 4.91. The molecule has 2 N–H and O–H groups in total. The maximum atomic E-state index is 14.3. The molecule has 0 aliphatic carbocycles. The molecule has 0 spiro atoms. The van der Waals surface area contributed by atoms with Crippen molar-refractivity contribution in [3.8, 4) is 11.8 Å². The number of nitrogens with zero attached hydrogens (tertiary/aromatic N) is 3. The molecule has 1 heterocycles. The van der Waals surface area contributed by atoms with Crippen LogP contribution in [0.2, 0.25) is 0 Å². The van der Waals surface area contributed by atoms with Crippen molar-refractivity contribution in [3.05, 3.63) is 65.7 Å². The molecular weight excluding hydrogens is 534 g/mol. The van der Waals surface area contributed by atoms with Crippen molar-refractivity contribution in [1.82, 2.24) is 10.2 Å². The molecule has 3 atom stereocenters. The van der Waals surface area contributed by atoms with Crippen molar-refractivity contribution in [2.75, 3.05) is 24.4 Å². The van der Waals surface area contributed by atoms with Crippen molar-refractivity contribution < 1.29 is 23.9 Å². The average Bonchev–Trinajstić information content (AvgIpc) is 3.04. The van der Waals surface area contributed by atoms with Gasteiger partial charge in [-0.3, -0.25) is 14.5 Å². The van der Waals surface area contributed by atoms with Crippen molar-refractivity contribution in [2.24, 2.45) is 0 Å². The summed E-state index contributed by atoms with van der Waals surface area (Å²) in [5.41, 5.74) is 1.66. The number of nitrogens with one attached hydrogen (secondary N) is 2. The second-order valence-corrected chi connectivity index (χ2v) is 11.4. The van der Waals surface area contributed by atoms with E-state index in [9.17, 15) is 19.6 Å². The first kappa shape index (κ1) is 30.2. The largest absolute Gasteiger partial charge is 0.496 e. The molecule has 1 aliphatic rings. The van der Waals surface area contributed by atoms with E-state index in [2.05, 4.69) is 16.7 Å². The molecular formula is C32H37N5O5. The zero-order valence-electron chi connectivity index (χ0n) is 25.0. The van der Waals surface area contributed by atoms with E-state index >= 15 is 0 Å². The first-order chi connectivity index (χ1) is 19.8. The molecule has 220 valence electrons. The van der Waals surface area contributed by atoms with Gasteiger partial charge in [-0.2, -0.15) is 5.26 Å². The molecule has 1 aliphatic heterocycles. The summed E-state index contributed by atoms with van der Waals surface area (Å²) in [5.74, 6) is -0.245. The van der Waals surface area contributed by atoms with E-state index in [0.29, 0.717) is 22.7 Å². The number of carbonyl (C=O) groups excluding carboxylic acids is 3. The lowest BCUT2D eigenvalue weighted by Gasteiger charge is -2.31. The van der Waals surface area contributed by atoms with Gasteiger partial charge in [-0.15, -0.1) is 0 Å². The first-order valence-electron chi connectivity index (χ1n) is 13.8. The second kappa shape index (κ2) is 12.0. The predicted octanol–water partition coefficient (Wildman–Crippen LogP) is 4.81. The van der Waals surface area contributed by atoms with Gasteiger partial charge < -0.3 is 25.0 Å². The van der Waals surface area contributed by atoms with E-state index in [1.54, 1.807) is 64.8 Å². The predicted molar refractivity (Wildman–Crippen MR) is 161 cm³/mol. The Morgan fingerprint density at radius 1 is 1.17 bits per heavy atom. The number of methoxy groups -OCH3 is 1. The van der Waals surface area contributed by atoms with E-state index in [4.69, 9.17) is 9.47 Å². The van der Waals surface area contributed by atoms with E-state index in [1.807, 2.05) is 36.4 Å². The summed E-state index contributed by atoms with van der Waals surface area (Å²) < 4.78 is 11.1. The topological polar surface area (TPSA) is 124 Å². The number of hydrogen-bond acceptors (Lipinski definition) is 7. The Morgan fingerprint density at radius 3 is 2.55 bits per heavy atom. The standard InChI is InChI=1S/C32H37N5O5/c1-19-28(35-29(38)20(2)36(6)31(40)42-32(3,4)5)30(39)37(26-14-12-21(17-33)16-25(26)34-19)18-24-23-11-9-8-10-22(23)13-15-27(24)41-7/h8-16,19-20,28,34H,18H2,1-7H3,(H,35,38)/t19-,20-,28-/m0/s1. The van der Waals surface area contributed by atoms with Crippen LogP contribution >= 0.6 is 0 Å². The van der Waals surface area contributed by atoms with Gasteiger partial charge in [0.15, 0.2) is 0 Å². The van der Waals surface area contributed by atoms with Crippen LogP contribution in [0.1, 0.15) is 45.7 Å². The van der Waals surface area contributed by atoms with Crippen LogP contribution in [0.5, 0.6) is 5.75 Å². The molecule has 0 bridgehead atoms. The lowest BCUT2D eigenvalue weighted by Crippen LogP contribution is -2.58. The van der Waals surface area contributed by atoms with Crippen LogP contribution in [0.25, 0.3) is 10.8 Å². The Labute approximate surface area is 246 Å². The Kier molecular flexibility index (Phi) is 8.62. The third-order valence-corrected chi connectivity index (χ3v) is 7.31. The molecule has 3 aromatic carbocycles. The molecule has 10 heteroatoms. The number of rotatable bonds is 6. The minimum atomic E-state index is -0.995. The van der Waals surface area contributed by atoms with E-state index in [0.717, 1.165) is 16.3 Å². The Bertz CT molecular complexity index is 1560. The van der Waals surface area contributed by atoms with Crippen LogP contribution in [-0.2, 0) is 20.9 Å². The fraction of sp³-hybridized carbons (Fsp3) is 0.375. The Morgan fingerprint density at radius 2 is 1.88 bits per heavy atom. The van der Waals surface area contributed by atoms with E-state index in [-0.39, 0.29) is 12.5 Å². The van der Waals surface area contributed by atoms with Crippen LogP contribution in [0.15, 0.2) is 54.6 Å². The summed E-state index contributed by atoms with van der Waals surface area (Å²) in [6.07, 6.45) is -0.648. The summed E-state index contributed by atoms with van der Waals surface area (Å²) in [7, 11) is 3.06. The zero-order valence-corrected chi connectivity index (χ0v) is 25.0. The van der Waals surface area contributed by atoms with Gasteiger partial charge in [0, 0.05) is 12.6 Å². The molecule has 10 nitrogen and oxygen atoms in total. The molecule has 0 unspecified atom stereocenters. The smallest absolute Gasteiger partial charge is 0.410 e. The van der Waals surface area contributed by atoms with Gasteiger partial charge >= 0.3 is 6.09 Å². The maximum Gasteiger partial charge on any atom is 0.410 e.